The lowest BCUT2D eigenvalue weighted by atomic mass is 9.83. The molecule has 0 saturated heterocycles. The molecule has 0 unspecified atom stereocenters. The molecule has 0 atom stereocenters. The standard InChI is InChI=1S/C10H24N2O2S/c1-5-10(6-2,7-11)8-12-15(13,14)9(3)4/h9,12H,5-8,11H2,1-4H3. The molecule has 0 aromatic rings. The van der Waals surface area contributed by atoms with Gasteiger partial charge in [-0.2, -0.15) is 0 Å². The summed E-state index contributed by atoms with van der Waals surface area (Å²) in [6.45, 7) is 8.38. The van der Waals surface area contributed by atoms with E-state index in [1.54, 1.807) is 13.8 Å². The first kappa shape index (κ1) is 14.9. The van der Waals surface area contributed by atoms with E-state index < -0.39 is 10.0 Å². The Morgan fingerprint density at radius 2 is 1.73 bits per heavy atom. The molecule has 0 aliphatic rings. The number of sulfonamides is 1. The molecule has 5 heteroatoms. The average Bonchev–Trinajstić information content (AvgIpc) is 2.20. The zero-order chi connectivity index (χ0) is 12.1. The summed E-state index contributed by atoms with van der Waals surface area (Å²) in [6, 6.07) is 0. The summed E-state index contributed by atoms with van der Waals surface area (Å²) in [5.41, 5.74) is 5.60. The van der Waals surface area contributed by atoms with Gasteiger partial charge in [-0.15, -0.1) is 0 Å². The zero-order valence-corrected chi connectivity index (χ0v) is 11.0. The Morgan fingerprint density at radius 3 is 2.00 bits per heavy atom. The van der Waals surface area contributed by atoms with Gasteiger partial charge in [0.1, 0.15) is 0 Å². The highest BCUT2D eigenvalue weighted by Gasteiger charge is 2.27. The van der Waals surface area contributed by atoms with Crippen LogP contribution in [0.1, 0.15) is 40.5 Å². The van der Waals surface area contributed by atoms with Gasteiger partial charge in [-0.1, -0.05) is 13.8 Å². The van der Waals surface area contributed by atoms with Gasteiger partial charge < -0.3 is 5.73 Å². The van der Waals surface area contributed by atoms with E-state index in [1.807, 2.05) is 13.8 Å². The normalized spacial score (nSPS) is 13.5. The third-order valence-corrected chi connectivity index (χ3v) is 4.99. The molecule has 4 nitrogen and oxygen atoms in total. The molecule has 0 radical (unpaired) electrons. The monoisotopic (exact) mass is 236 g/mol. The maximum Gasteiger partial charge on any atom is 0.213 e. The topological polar surface area (TPSA) is 72.2 Å². The number of nitrogens with two attached hydrogens (primary N) is 1. The van der Waals surface area contributed by atoms with E-state index in [0.717, 1.165) is 12.8 Å². The molecule has 0 amide bonds. The van der Waals surface area contributed by atoms with E-state index in [0.29, 0.717) is 13.1 Å². The molecule has 92 valence electrons. The van der Waals surface area contributed by atoms with Gasteiger partial charge in [0, 0.05) is 6.54 Å². The predicted octanol–water partition coefficient (Wildman–Crippen LogP) is 1.08. The first-order valence-electron chi connectivity index (χ1n) is 5.52. The van der Waals surface area contributed by atoms with Crippen LogP contribution in [-0.2, 0) is 10.0 Å². The van der Waals surface area contributed by atoms with Crippen molar-refractivity contribution in [2.75, 3.05) is 13.1 Å². The summed E-state index contributed by atoms with van der Waals surface area (Å²) in [4.78, 5) is 0. The first-order valence-corrected chi connectivity index (χ1v) is 7.06. The van der Waals surface area contributed by atoms with Crippen LogP contribution in [0.15, 0.2) is 0 Å². The molecular weight excluding hydrogens is 212 g/mol. The summed E-state index contributed by atoms with van der Waals surface area (Å²) < 4.78 is 25.8. The number of nitrogens with one attached hydrogen (secondary N) is 1. The Labute approximate surface area is 93.7 Å². The van der Waals surface area contributed by atoms with Gasteiger partial charge in [0.05, 0.1) is 5.25 Å². The number of rotatable bonds is 7. The molecule has 0 aromatic carbocycles. The highest BCUT2D eigenvalue weighted by atomic mass is 32.2. The second-order valence-electron chi connectivity index (χ2n) is 4.33. The van der Waals surface area contributed by atoms with E-state index in [-0.39, 0.29) is 10.7 Å². The van der Waals surface area contributed by atoms with Gasteiger partial charge in [0.2, 0.25) is 10.0 Å². The van der Waals surface area contributed by atoms with Gasteiger partial charge >= 0.3 is 0 Å². The summed E-state index contributed by atoms with van der Waals surface area (Å²) in [7, 11) is -3.17. The second-order valence-corrected chi connectivity index (χ2v) is 6.65. The van der Waals surface area contributed by atoms with E-state index in [1.165, 1.54) is 0 Å². The fourth-order valence-electron chi connectivity index (χ4n) is 1.28. The van der Waals surface area contributed by atoms with E-state index >= 15 is 0 Å². The maximum absolute atomic E-state index is 11.6. The van der Waals surface area contributed by atoms with Crippen LogP contribution >= 0.6 is 0 Å². The lowest BCUT2D eigenvalue weighted by molar-refractivity contribution is 0.275. The molecule has 0 rings (SSSR count). The Morgan fingerprint density at radius 1 is 1.27 bits per heavy atom. The molecule has 0 heterocycles. The van der Waals surface area contributed by atoms with Crippen molar-refractivity contribution in [1.29, 1.82) is 0 Å². The fourth-order valence-corrected chi connectivity index (χ4v) is 2.12. The van der Waals surface area contributed by atoms with Crippen molar-refractivity contribution in [3.05, 3.63) is 0 Å². The molecule has 0 aliphatic carbocycles. The van der Waals surface area contributed by atoms with Crippen LogP contribution in [-0.4, -0.2) is 26.8 Å². The molecule has 0 fully saturated rings. The van der Waals surface area contributed by atoms with Crippen molar-refractivity contribution < 1.29 is 8.42 Å². The van der Waals surface area contributed by atoms with Crippen molar-refractivity contribution in [1.82, 2.24) is 4.72 Å². The smallest absolute Gasteiger partial charge is 0.213 e. The van der Waals surface area contributed by atoms with Crippen molar-refractivity contribution in [2.45, 2.75) is 45.8 Å². The Bertz CT molecular complexity index is 261. The van der Waals surface area contributed by atoms with Crippen molar-refractivity contribution in [2.24, 2.45) is 11.1 Å². The largest absolute Gasteiger partial charge is 0.330 e. The van der Waals surface area contributed by atoms with Crippen molar-refractivity contribution in [3.63, 3.8) is 0 Å². The van der Waals surface area contributed by atoms with Crippen LogP contribution in [0.4, 0.5) is 0 Å². The van der Waals surface area contributed by atoms with Gasteiger partial charge in [-0.05, 0) is 38.6 Å². The number of hydrogen-bond acceptors (Lipinski definition) is 3. The lowest BCUT2D eigenvalue weighted by Crippen LogP contribution is -2.43. The molecule has 0 spiro atoms. The van der Waals surface area contributed by atoms with E-state index in [2.05, 4.69) is 4.72 Å². The molecule has 0 aliphatic heterocycles. The maximum atomic E-state index is 11.6. The highest BCUT2D eigenvalue weighted by molar-refractivity contribution is 7.90. The van der Waals surface area contributed by atoms with Gasteiger partial charge in [-0.3, -0.25) is 0 Å². The summed E-state index contributed by atoms with van der Waals surface area (Å²) in [5.74, 6) is 0. The zero-order valence-electron chi connectivity index (χ0n) is 10.2. The van der Waals surface area contributed by atoms with Crippen LogP contribution in [0.25, 0.3) is 0 Å². The van der Waals surface area contributed by atoms with Crippen LogP contribution < -0.4 is 10.5 Å². The summed E-state index contributed by atoms with van der Waals surface area (Å²) in [5, 5.41) is -0.387. The van der Waals surface area contributed by atoms with E-state index in [9.17, 15) is 8.42 Å². The van der Waals surface area contributed by atoms with E-state index in [4.69, 9.17) is 5.73 Å². The van der Waals surface area contributed by atoms with Crippen molar-refractivity contribution >= 4 is 10.0 Å². The Hall–Kier alpha value is -0.130. The van der Waals surface area contributed by atoms with Crippen LogP contribution in [0.3, 0.4) is 0 Å². The third-order valence-electron chi connectivity index (χ3n) is 3.20. The molecule has 0 saturated carbocycles. The first-order chi connectivity index (χ1) is 6.83. The molecule has 0 aromatic heterocycles. The minimum atomic E-state index is -3.17. The average molecular weight is 236 g/mol. The lowest BCUT2D eigenvalue weighted by Gasteiger charge is -2.30. The Balaban J connectivity index is 4.48. The van der Waals surface area contributed by atoms with Gasteiger partial charge in [0.25, 0.3) is 0 Å². The Kier molecular flexibility index (Phi) is 5.77. The molecule has 3 N–H and O–H groups in total. The molecular formula is C10H24N2O2S. The fraction of sp³-hybridized carbons (Fsp3) is 1.00. The highest BCUT2D eigenvalue weighted by Crippen LogP contribution is 2.23. The molecule has 0 bridgehead atoms. The summed E-state index contributed by atoms with van der Waals surface area (Å²) >= 11 is 0. The van der Waals surface area contributed by atoms with Crippen LogP contribution in [0, 0.1) is 5.41 Å². The minimum absolute atomic E-state index is 0.0953. The third kappa shape index (κ3) is 4.09. The minimum Gasteiger partial charge on any atom is -0.330 e. The molecule has 15 heavy (non-hydrogen) atoms. The van der Waals surface area contributed by atoms with Gasteiger partial charge in [-0.25, -0.2) is 13.1 Å². The SMILES string of the molecule is CCC(CC)(CN)CNS(=O)(=O)C(C)C. The van der Waals surface area contributed by atoms with Crippen molar-refractivity contribution in [3.8, 4) is 0 Å². The van der Waals surface area contributed by atoms with Crippen LogP contribution in [0.5, 0.6) is 0 Å². The quantitative estimate of drug-likeness (QED) is 0.695. The van der Waals surface area contributed by atoms with Crippen LogP contribution in [0.2, 0.25) is 0 Å². The van der Waals surface area contributed by atoms with Gasteiger partial charge in [0.15, 0.2) is 0 Å². The second kappa shape index (κ2) is 5.82. The summed E-state index contributed by atoms with van der Waals surface area (Å²) in [6.07, 6.45) is 1.78. The number of hydrogen-bond donors (Lipinski definition) is 2. The predicted molar refractivity (Wildman–Crippen MR) is 64.1 cm³/mol.